The summed E-state index contributed by atoms with van der Waals surface area (Å²) in [5, 5.41) is 22.0. The van der Waals surface area contributed by atoms with Gasteiger partial charge in [0.15, 0.2) is 11.5 Å². The molecule has 3 aromatic carbocycles. The Balaban J connectivity index is 1.88. The lowest BCUT2D eigenvalue weighted by Gasteiger charge is -2.15. The van der Waals surface area contributed by atoms with E-state index in [4.69, 9.17) is 21.1 Å². The van der Waals surface area contributed by atoms with E-state index in [1.165, 1.54) is 6.08 Å². The number of amides is 1. The quantitative estimate of drug-likeness (QED) is 0.296. The average Bonchev–Trinajstić information content (AvgIpc) is 2.85. The maximum absolute atomic E-state index is 12.8. The third kappa shape index (κ3) is 6.20. The van der Waals surface area contributed by atoms with Crippen LogP contribution in [0.1, 0.15) is 34.7 Å². The molecule has 0 radical (unpaired) electrons. The lowest BCUT2D eigenvalue weighted by Crippen LogP contribution is -2.14. The molecule has 0 aliphatic carbocycles. The van der Waals surface area contributed by atoms with Crippen LogP contribution in [-0.4, -0.2) is 12.5 Å². The highest BCUT2D eigenvalue weighted by Gasteiger charge is 2.16. The molecule has 6 nitrogen and oxygen atoms in total. The number of hydrogen-bond donors (Lipinski definition) is 1. The van der Waals surface area contributed by atoms with Crippen molar-refractivity contribution in [1.29, 1.82) is 10.5 Å². The van der Waals surface area contributed by atoms with Crippen LogP contribution in [-0.2, 0) is 11.4 Å². The van der Waals surface area contributed by atoms with Gasteiger partial charge in [-0.25, -0.2) is 0 Å². The molecule has 3 rings (SSSR count). The zero-order chi connectivity index (χ0) is 25.4. The molecular weight excluding hydrogens is 462 g/mol. The maximum atomic E-state index is 12.8. The Morgan fingerprint density at radius 2 is 1.86 bits per heavy atom. The predicted octanol–water partition coefficient (Wildman–Crippen LogP) is 6.35. The van der Waals surface area contributed by atoms with E-state index in [-0.39, 0.29) is 17.2 Å². The molecular formula is C28H24ClN3O3. The molecule has 3 aromatic rings. The fourth-order valence-corrected chi connectivity index (χ4v) is 3.64. The van der Waals surface area contributed by atoms with Crippen molar-refractivity contribution in [1.82, 2.24) is 0 Å². The maximum Gasteiger partial charge on any atom is 0.266 e. The van der Waals surface area contributed by atoms with Gasteiger partial charge in [0.1, 0.15) is 18.2 Å². The molecule has 0 saturated carbocycles. The molecule has 0 fully saturated rings. The van der Waals surface area contributed by atoms with Crippen LogP contribution in [0.4, 0.5) is 5.69 Å². The summed E-state index contributed by atoms with van der Waals surface area (Å²) in [6.45, 7) is 6.16. The van der Waals surface area contributed by atoms with Gasteiger partial charge in [0, 0.05) is 11.3 Å². The lowest BCUT2D eigenvalue weighted by molar-refractivity contribution is -0.112. The fourth-order valence-electron chi connectivity index (χ4n) is 3.37. The van der Waals surface area contributed by atoms with E-state index < -0.39 is 5.91 Å². The van der Waals surface area contributed by atoms with Crippen LogP contribution in [0.15, 0.2) is 60.2 Å². The highest BCUT2D eigenvalue weighted by Crippen LogP contribution is 2.38. The Hall–Kier alpha value is -4.26. The lowest BCUT2D eigenvalue weighted by atomic mass is 10.1. The second-order valence-electron chi connectivity index (χ2n) is 7.69. The Kier molecular flexibility index (Phi) is 8.51. The highest BCUT2D eigenvalue weighted by molar-refractivity contribution is 6.32. The van der Waals surface area contributed by atoms with Gasteiger partial charge in [-0.05, 0) is 67.8 Å². The molecule has 1 N–H and O–H groups in total. The Morgan fingerprint density at radius 3 is 2.57 bits per heavy atom. The normalized spacial score (nSPS) is 10.7. The number of ether oxygens (including phenoxy) is 2. The first-order valence-corrected chi connectivity index (χ1v) is 11.3. The molecule has 0 aromatic heterocycles. The molecule has 176 valence electrons. The summed E-state index contributed by atoms with van der Waals surface area (Å²) in [5.74, 6) is 0.161. The Labute approximate surface area is 210 Å². The van der Waals surface area contributed by atoms with E-state index in [1.807, 2.05) is 45.0 Å². The first-order valence-electron chi connectivity index (χ1n) is 10.9. The number of hydrogen-bond acceptors (Lipinski definition) is 5. The second-order valence-corrected chi connectivity index (χ2v) is 8.10. The van der Waals surface area contributed by atoms with Crippen molar-refractivity contribution < 1.29 is 14.3 Å². The smallest absolute Gasteiger partial charge is 0.266 e. The van der Waals surface area contributed by atoms with Gasteiger partial charge in [-0.3, -0.25) is 4.79 Å². The molecule has 35 heavy (non-hydrogen) atoms. The van der Waals surface area contributed by atoms with E-state index >= 15 is 0 Å². The van der Waals surface area contributed by atoms with Crippen LogP contribution in [0.25, 0.3) is 6.08 Å². The third-order valence-corrected chi connectivity index (χ3v) is 5.65. The van der Waals surface area contributed by atoms with E-state index in [0.717, 1.165) is 11.1 Å². The number of benzene rings is 3. The van der Waals surface area contributed by atoms with Crippen LogP contribution in [0.5, 0.6) is 11.5 Å². The predicted molar refractivity (Wildman–Crippen MR) is 136 cm³/mol. The van der Waals surface area contributed by atoms with Crippen molar-refractivity contribution in [2.75, 3.05) is 11.9 Å². The van der Waals surface area contributed by atoms with Gasteiger partial charge in [0.25, 0.3) is 5.91 Å². The number of anilines is 1. The van der Waals surface area contributed by atoms with Crippen LogP contribution in [0, 0.1) is 36.5 Å². The van der Waals surface area contributed by atoms with Crippen molar-refractivity contribution in [3.05, 3.63) is 93.0 Å². The number of rotatable bonds is 8. The van der Waals surface area contributed by atoms with Crippen molar-refractivity contribution in [2.45, 2.75) is 27.4 Å². The molecule has 0 bridgehead atoms. The molecule has 0 atom stereocenters. The number of halogens is 1. The summed E-state index contributed by atoms with van der Waals surface area (Å²) < 4.78 is 11.6. The molecule has 1 amide bonds. The number of aryl methyl sites for hydroxylation is 1. The van der Waals surface area contributed by atoms with E-state index in [0.29, 0.717) is 40.5 Å². The standard InChI is InChI=1S/C28H24ClN3O3/c1-4-34-26-14-20(12-23(16-31)28(33)32-25-11-7-8-18(2)19(25)3)13-24(29)27(26)35-17-22-10-6-5-9-21(22)15-30/h5-14H,4,17H2,1-3H3,(H,32,33)/b23-12+. The fraction of sp³-hybridized carbons (Fsp3) is 0.179. The highest BCUT2D eigenvalue weighted by atomic mass is 35.5. The minimum Gasteiger partial charge on any atom is -0.490 e. The number of carbonyl (C=O) groups excluding carboxylic acids is 1. The van der Waals surface area contributed by atoms with Gasteiger partial charge in [-0.15, -0.1) is 0 Å². The first-order chi connectivity index (χ1) is 16.9. The number of nitriles is 2. The number of carbonyl (C=O) groups is 1. The molecule has 0 heterocycles. The molecule has 0 saturated heterocycles. The van der Waals surface area contributed by atoms with Gasteiger partial charge >= 0.3 is 0 Å². The number of nitrogens with zero attached hydrogens (tertiary/aromatic N) is 2. The van der Waals surface area contributed by atoms with Crippen LogP contribution in [0.2, 0.25) is 5.02 Å². The summed E-state index contributed by atoms with van der Waals surface area (Å²) >= 11 is 6.50. The van der Waals surface area contributed by atoms with Crippen molar-refractivity contribution in [3.63, 3.8) is 0 Å². The molecule has 0 unspecified atom stereocenters. The SMILES string of the molecule is CCOc1cc(/C=C(\C#N)C(=O)Nc2cccc(C)c2C)cc(Cl)c1OCc1ccccc1C#N. The summed E-state index contributed by atoms with van der Waals surface area (Å²) in [5.41, 5.74) is 4.26. The zero-order valence-corrected chi connectivity index (χ0v) is 20.4. The van der Waals surface area contributed by atoms with E-state index in [1.54, 1.807) is 36.4 Å². The number of nitrogens with one attached hydrogen (secondary N) is 1. The van der Waals surface area contributed by atoms with Crippen molar-refractivity contribution in [2.24, 2.45) is 0 Å². The largest absolute Gasteiger partial charge is 0.490 e. The monoisotopic (exact) mass is 485 g/mol. The zero-order valence-electron chi connectivity index (χ0n) is 19.7. The van der Waals surface area contributed by atoms with Crippen LogP contribution in [0.3, 0.4) is 0 Å². The van der Waals surface area contributed by atoms with Crippen LogP contribution >= 0.6 is 11.6 Å². The van der Waals surface area contributed by atoms with Gasteiger partial charge in [0.05, 0.1) is 23.3 Å². The third-order valence-electron chi connectivity index (χ3n) is 5.37. The molecule has 0 aliphatic rings. The minimum atomic E-state index is -0.524. The average molecular weight is 486 g/mol. The van der Waals surface area contributed by atoms with Crippen LogP contribution < -0.4 is 14.8 Å². The van der Waals surface area contributed by atoms with E-state index in [2.05, 4.69) is 11.4 Å². The van der Waals surface area contributed by atoms with Crippen molar-refractivity contribution >= 4 is 29.3 Å². The van der Waals surface area contributed by atoms with Gasteiger partial charge in [-0.1, -0.05) is 41.9 Å². The first kappa shape index (κ1) is 25.4. The van der Waals surface area contributed by atoms with Crippen molar-refractivity contribution in [3.8, 4) is 23.6 Å². The minimum absolute atomic E-state index is 0.0824. The molecule has 7 heteroatoms. The molecule has 0 spiro atoms. The topological polar surface area (TPSA) is 95.1 Å². The van der Waals surface area contributed by atoms with E-state index in [9.17, 15) is 15.3 Å². The Bertz CT molecular complexity index is 1370. The Morgan fingerprint density at radius 1 is 1.09 bits per heavy atom. The summed E-state index contributed by atoms with van der Waals surface area (Å²) in [6.07, 6.45) is 1.45. The van der Waals surface area contributed by atoms with Gasteiger partial charge in [-0.2, -0.15) is 10.5 Å². The van der Waals surface area contributed by atoms with Gasteiger partial charge in [0.2, 0.25) is 0 Å². The second kappa shape index (κ2) is 11.7. The summed E-state index contributed by atoms with van der Waals surface area (Å²) in [4.78, 5) is 12.8. The molecule has 0 aliphatic heterocycles. The summed E-state index contributed by atoms with van der Waals surface area (Å²) in [7, 11) is 0. The van der Waals surface area contributed by atoms with Gasteiger partial charge < -0.3 is 14.8 Å². The summed E-state index contributed by atoms with van der Waals surface area (Å²) in [6, 6.07) is 20.0.